The maximum atomic E-state index is 12.7. The summed E-state index contributed by atoms with van der Waals surface area (Å²) in [5.41, 5.74) is 2.61. The second kappa shape index (κ2) is 8.90. The van der Waals surface area contributed by atoms with Crippen LogP contribution in [-0.4, -0.2) is 36.0 Å². The zero-order valence-corrected chi connectivity index (χ0v) is 19.2. The van der Waals surface area contributed by atoms with Gasteiger partial charge >= 0.3 is 0 Å². The molecule has 1 aliphatic heterocycles. The summed E-state index contributed by atoms with van der Waals surface area (Å²) >= 11 is 1.48. The van der Waals surface area contributed by atoms with E-state index in [1.807, 2.05) is 18.2 Å². The highest BCUT2D eigenvalue weighted by Gasteiger charge is 2.23. The monoisotopic (exact) mass is 455 g/mol. The smallest absolute Gasteiger partial charge is 0.257 e. The Bertz CT molecular complexity index is 1190. The maximum Gasteiger partial charge on any atom is 0.257 e. The minimum Gasteiger partial charge on any atom is -0.298 e. The van der Waals surface area contributed by atoms with Crippen LogP contribution in [0.2, 0.25) is 0 Å². The lowest BCUT2D eigenvalue weighted by molar-refractivity contribution is 0.102. The van der Waals surface area contributed by atoms with Gasteiger partial charge in [-0.1, -0.05) is 36.4 Å². The van der Waals surface area contributed by atoms with Crippen LogP contribution in [-0.2, 0) is 29.3 Å². The van der Waals surface area contributed by atoms with Crippen molar-refractivity contribution in [3.63, 3.8) is 0 Å². The third-order valence-corrected chi connectivity index (χ3v) is 8.48. The van der Waals surface area contributed by atoms with Crippen molar-refractivity contribution >= 4 is 32.2 Å². The number of carbonyl (C=O) groups excluding carboxylic acids is 1. The largest absolute Gasteiger partial charge is 0.298 e. The number of thiazole rings is 1. The van der Waals surface area contributed by atoms with Crippen molar-refractivity contribution in [3.05, 3.63) is 76.3 Å². The highest BCUT2D eigenvalue weighted by molar-refractivity contribution is 7.92. The van der Waals surface area contributed by atoms with Gasteiger partial charge in [0.25, 0.3) is 5.91 Å². The van der Waals surface area contributed by atoms with Crippen molar-refractivity contribution < 1.29 is 13.2 Å². The van der Waals surface area contributed by atoms with Crippen LogP contribution in [0.4, 0.5) is 5.13 Å². The molecule has 0 radical (unpaired) electrons. The van der Waals surface area contributed by atoms with E-state index in [2.05, 4.69) is 27.3 Å². The topological polar surface area (TPSA) is 79.4 Å². The molecule has 0 spiro atoms. The van der Waals surface area contributed by atoms with Gasteiger partial charge in [0, 0.05) is 36.5 Å². The van der Waals surface area contributed by atoms with E-state index in [1.54, 1.807) is 26.0 Å². The van der Waals surface area contributed by atoms with Crippen LogP contribution in [0.3, 0.4) is 0 Å². The van der Waals surface area contributed by atoms with Crippen molar-refractivity contribution in [2.75, 3.05) is 11.9 Å². The van der Waals surface area contributed by atoms with Crippen molar-refractivity contribution in [2.45, 2.75) is 43.5 Å². The van der Waals surface area contributed by atoms with E-state index < -0.39 is 15.1 Å². The molecule has 3 aromatic rings. The molecule has 1 N–H and O–H groups in total. The average molecular weight is 456 g/mol. The van der Waals surface area contributed by atoms with E-state index in [1.165, 1.54) is 29.0 Å². The minimum atomic E-state index is -3.44. The second-order valence-electron chi connectivity index (χ2n) is 7.91. The number of aromatic nitrogens is 1. The molecule has 0 atom stereocenters. The third-order valence-electron chi connectivity index (χ3n) is 5.33. The maximum absolute atomic E-state index is 12.7. The van der Waals surface area contributed by atoms with Gasteiger partial charge in [-0.05, 0) is 37.6 Å². The van der Waals surface area contributed by atoms with Crippen LogP contribution >= 0.6 is 11.3 Å². The average Bonchev–Trinajstić information content (AvgIpc) is 3.16. The summed E-state index contributed by atoms with van der Waals surface area (Å²) in [5, 5.41) is 2.85. The lowest BCUT2D eigenvalue weighted by atomic mass is 10.1. The molecule has 1 aromatic heterocycles. The Balaban J connectivity index is 1.45. The molecule has 8 heteroatoms. The standard InChI is InChI=1S/C23H25N3O3S2/c1-16(2)31(28,29)19-10-6-9-18(13-19)22(27)25-23-24-20-11-12-26(15-21(20)30-23)14-17-7-4-3-5-8-17/h3-10,13,16H,11-12,14-15H2,1-2H3,(H,24,25,27). The molecule has 1 amide bonds. The number of fused-ring (bicyclic) bond motifs is 1. The number of hydrogen-bond donors (Lipinski definition) is 1. The number of carbonyl (C=O) groups is 1. The zero-order chi connectivity index (χ0) is 22.0. The van der Waals surface area contributed by atoms with Gasteiger partial charge < -0.3 is 0 Å². The predicted octanol–water partition coefficient (Wildman–Crippen LogP) is 4.14. The lowest BCUT2D eigenvalue weighted by Crippen LogP contribution is -2.29. The molecular formula is C23H25N3O3S2. The molecule has 0 bridgehead atoms. The fourth-order valence-corrected chi connectivity index (χ4v) is 5.68. The molecular weight excluding hydrogens is 430 g/mol. The number of benzene rings is 2. The van der Waals surface area contributed by atoms with Crippen molar-refractivity contribution in [1.82, 2.24) is 9.88 Å². The first kappa shape index (κ1) is 21.7. The second-order valence-corrected chi connectivity index (χ2v) is 11.5. The Hall–Kier alpha value is -2.55. The van der Waals surface area contributed by atoms with Gasteiger partial charge in [-0.15, -0.1) is 11.3 Å². The van der Waals surface area contributed by atoms with Crippen molar-refractivity contribution in [3.8, 4) is 0 Å². The molecule has 0 saturated carbocycles. The quantitative estimate of drug-likeness (QED) is 0.604. The third kappa shape index (κ3) is 4.87. The zero-order valence-electron chi connectivity index (χ0n) is 17.5. The molecule has 1 aliphatic rings. The van der Waals surface area contributed by atoms with Crippen molar-refractivity contribution in [2.24, 2.45) is 0 Å². The van der Waals surface area contributed by atoms with E-state index in [4.69, 9.17) is 0 Å². The summed E-state index contributed by atoms with van der Waals surface area (Å²) in [6.45, 7) is 5.87. The molecule has 0 aliphatic carbocycles. The highest BCUT2D eigenvalue weighted by Crippen LogP contribution is 2.29. The number of amides is 1. The molecule has 2 heterocycles. The van der Waals surface area contributed by atoms with Gasteiger partial charge in [0.05, 0.1) is 15.8 Å². The normalized spacial score (nSPS) is 14.4. The summed E-state index contributed by atoms with van der Waals surface area (Å²) in [5.74, 6) is -0.354. The number of anilines is 1. The Morgan fingerprint density at radius 1 is 1.16 bits per heavy atom. The number of rotatable bonds is 6. The number of nitrogens with zero attached hydrogens (tertiary/aromatic N) is 2. The SMILES string of the molecule is CC(C)S(=O)(=O)c1cccc(C(=O)Nc2nc3c(s2)CN(Cc2ccccc2)CC3)c1. The summed E-state index contributed by atoms with van der Waals surface area (Å²) in [6, 6.07) is 16.5. The summed E-state index contributed by atoms with van der Waals surface area (Å²) in [6.07, 6.45) is 0.844. The van der Waals surface area contributed by atoms with E-state index in [0.29, 0.717) is 10.7 Å². The number of hydrogen-bond acceptors (Lipinski definition) is 6. The van der Waals surface area contributed by atoms with Crippen LogP contribution in [0.15, 0.2) is 59.5 Å². The molecule has 31 heavy (non-hydrogen) atoms. The Labute approximate surface area is 186 Å². The van der Waals surface area contributed by atoms with Gasteiger partial charge in [0.1, 0.15) is 0 Å². The molecule has 0 unspecified atom stereocenters. The van der Waals surface area contributed by atoms with E-state index in [9.17, 15) is 13.2 Å². The fourth-order valence-electron chi connectivity index (χ4n) is 3.53. The molecule has 0 saturated heterocycles. The van der Waals surface area contributed by atoms with Gasteiger partial charge in [0.2, 0.25) is 0 Å². The first-order valence-corrected chi connectivity index (χ1v) is 12.6. The fraction of sp³-hybridized carbons (Fsp3) is 0.304. The summed E-state index contributed by atoms with van der Waals surface area (Å²) in [7, 11) is -3.44. The molecule has 2 aromatic carbocycles. The van der Waals surface area contributed by atoms with Gasteiger partial charge in [-0.3, -0.25) is 15.0 Å². The van der Waals surface area contributed by atoms with Crippen LogP contribution < -0.4 is 5.32 Å². The van der Waals surface area contributed by atoms with Crippen LogP contribution in [0.25, 0.3) is 0 Å². The summed E-state index contributed by atoms with van der Waals surface area (Å²) < 4.78 is 24.8. The summed E-state index contributed by atoms with van der Waals surface area (Å²) in [4.78, 5) is 21.0. The van der Waals surface area contributed by atoms with E-state index in [0.717, 1.165) is 36.6 Å². The molecule has 0 fully saturated rings. The van der Waals surface area contributed by atoms with Gasteiger partial charge in [0.15, 0.2) is 15.0 Å². The van der Waals surface area contributed by atoms with E-state index >= 15 is 0 Å². The minimum absolute atomic E-state index is 0.158. The Morgan fingerprint density at radius 2 is 1.94 bits per heavy atom. The first-order chi connectivity index (χ1) is 14.8. The van der Waals surface area contributed by atoms with Crippen LogP contribution in [0.1, 0.15) is 40.3 Å². The van der Waals surface area contributed by atoms with Crippen molar-refractivity contribution in [1.29, 1.82) is 0 Å². The Morgan fingerprint density at radius 3 is 2.68 bits per heavy atom. The highest BCUT2D eigenvalue weighted by atomic mass is 32.2. The van der Waals surface area contributed by atoms with Gasteiger partial charge in [-0.2, -0.15) is 0 Å². The lowest BCUT2D eigenvalue weighted by Gasteiger charge is -2.25. The Kier molecular flexibility index (Phi) is 6.22. The van der Waals surface area contributed by atoms with Gasteiger partial charge in [-0.25, -0.2) is 13.4 Å². The molecule has 162 valence electrons. The predicted molar refractivity (Wildman–Crippen MR) is 123 cm³/mol. The molecule has 6 nitrogen and oxygen atoms in total. The number of sulfone groups is 1. The van der Waals surface area contributed by atoms with E-state index in [-0.39, 0.29) is 10.8 Å². The first-order valence-electron chi connectivity index (χ1n) is 10.2. The number of nitrogens with one attached hydrogen (secondary N) is 1. The van der Waals surface area contributed by atoms with Crippen LogP contribution in [0.5, 0.6) is 0 Å². The molecule has 4 rings (SSSR count). The van der Waals surface area contributed by atoms with Crippen LogP contribution in [0, 0.1) is 0 Å².